The molecule has 0 bridgehead atoms. The molecule has 2 nitrogen and oxygen atoms in total. The minimum atomic E-state index is 1.10. The second-order valence-corrected chi connectivity index (χ2v) is 3.55. The summed E-state index contributed by atoms with van der Waals surface area (Å²) in [7, 11) is 1.99. The Labute approximate surface area is 84.2 Å². The van der Waals surface area contributed by atoms with Gasteiger partial charge in [-0.2, -0.15) is 5.10 Å². The van der Waals surface area contributed by atoms with E-state index in [1.54, 1.807) is 0 Å². The summed E-state index contributed by atoms with van der Waals surface area (Å²) >= 11 is 0. The van der Waals surface area contributed by atoms with Gasteiger partial charge in [0.15, 0.2) is 0 Å². The second kappa shape index (κ2) is 3.29. The normalized spacial score (nSPS) is 10.5. The topological polar surface area (TPSA) is 17.8 Å². The van der Waals surface area contributed by atoms with Gasteiger partial charge >= 0.3 is 0 Å². The average Bonchev–Trinajstić information content (AvgIpc) is 2.43. The molecule has 2 heteroatoms. The van der Waals surface area contributed by atoms with Crippen molar-refractivity contribution in [2.45, 2.75) is 13.8 Å². The van der Waals surface area contributed by atoms with Crippen LogP contribution in [0.5, 0.6) is 0 Å². The Bertz CT molecular complexity index is 441. The number of hydrogen-bond donors (Lipinski definition) is 0. The van der Waals surface area contributed by atoms with Crippen LogP contribution in [0.1, 0.15) is 11.3 Å². The summed E-state index contributed by atoms with van der Waals surface area (Å²) in [5.74, 6) is 0. The van der Waals surface area contributed by atoms with E-state index in [1.165, 1.54) is 16.8 Å². The molecule has 0 aliphatic heterocycles. The first-order chi connectivity index (χ1) is 6.70. The van der Waals surface area contributed by atoms with Gasteiger partial charge in [0, 0.05) is 12.6 Å². The number of rotatable bonds is 1. The highest BCUT2D eigenvalue weighted by Gasteiger charge is 2.09. The molecule has 0 aliphatic carbocycles. The largest absolute Gasteiger partial charge is 0.267 e. The van der Waals surface area contributed by atoms with Crippen LogP contribution in [0, 0.1) is 13.8 Å². The second-order valence-electron chi connectivity index (χ2n) is 3.55. The molecular weight excluding hydrogens is 172 g/mol. The fourth-order valence-electron chi connectivity index (χ4n) is 1.76. The lowest BCUT2D eigenvalue weighted by molar-refractivity contribution is 0.764. The van der Waals surface area contributed by atoms with E-state index in [0.29, 0.717) is 0 Å². The third-order valence-electron chi connectivity index (χ3n) is 2.57. The van der Waals surface area contributed by atoms with E-state index < -0.39 is 0 Å². The van der Waals surface area contributed by atoms with E-state index >= 15 is 0 Å². The summed E-state index contributed by atoms with van der Waals surface area (Å²) < 4.78 is 1.94. The van der Waals surface area contributed by atoms with E-state index in [4.69, 9.17) is 0 Å². The van der Waals surface area contributed by atoms with Crippen molar-refractivity contribution in [2.75, 3.05) is 0 Å². The molecule has 1 aromatic carbocycles. The first kappa shape index (κ1) is 9.00. The highest BCUT2D eigenvalue weighted by Crippen LogP contribution is 2.24. The van der Waals surface area contributed by atoms with Crippen LogP contribution in [-0.4, -0.2) is 9.78 Å². The first-order valence-electron chi connectivity index (χ1n) is 4.76. The highest BCUT2D eigenvalue weighted by molar-refractivity contribution is 5.64. The van der Waals surface area contributed by atoms with Crippen molar-refractivity contribution in [1.29, 1.82) is 0 Å². The van der Waals surface area contributed by atoms with Crippen molar-refractivity contribution in [1.82, 2.24) is 9.78 Å². The van der Waals surface area contributed by atoms with Crippen LogP contribution in [0.3, 0.4) is 0 Å². The van der Waals surface area contributed by atoms with Crippen molar-refractivity contribution >= 4 is 0 Å². The van der Waals surface area contributed by atoms with Crippen LogP contribution in [0.25, 0.3) is 11.3 Å². The number of benzene rings is 1. The number of hydrogen-bond acceptors (Lipinski definition) is 1. The molecule has 0 saturated heterocycles. The molecule has 72 valence electrons. The Balaban J connectivity index is 2.62. The molecule has 0 atom stereocenters. The molecule has 0 fully saturated rings. The Morgan fingerprint density at radius 2 is 1.71 bits per heavy atom. The maximum Gasteiger partial charge on any atom is 0.0710 e. The van der Waals surface area contributed by atoms with E-state index in [-0.39, 0.29) is 0 Å². The average molecular weight is 186 g/mol. The standard InChI is InChI=1S/C12H14N2/c1-9-10(2)13-14(3)12(9)11-7-5-4-6-8-11/h4-8H,1-3H3. The SMILES string of the molecule is Cc1nn(C)c(-c2ccccc2)c1C. The lowest BCUT2D eigenvalue weighted by Gasteiger charge is -2.02. The van der Waals surface area contributed by atoms with Gasteiger partial charge in [-0.25, -0.2) is 0 Å². The molecule has 0 saturated carbocycles. The van der Waals surface area contributed by atoms with Crippen molar-refractivity contribution in [3.8, 4) is 11.3 Å². The minimum absolute atomic E-state index is 1.10. The molecule has 0 aliphatic rings. The van der Waals surface area contributed by atoms with Crippen LogP contribution < -0.4 is 0 Å². The van der Waals surface area contributed by atoms with Gasteiger partial charge in [0.1, 0.15) is 0 Å². The highest BCUT2D eigenvalue weighted by atomic mass is 15.3. The third-order valence-corrected chi connectivity index (χ3v) is 2.57. The van der Waals surface area contributed by atoms with Crippen LogP contribution in [-0.2, 0) is 7.05 Å². The van der Waals surface area contributed by atoms with Crippen molar-refractivity contribution in [3.63, 3.8) is 0 Å². The molecule has 14 heavy (non-hydrogen) atoms. The fourth-order valence-corrected chi connectivity index (χ4v) is 1.76. The Morgan fingerprint density at radius 1 is 1.07 bits per heavy atom. The quantitative estimate of drug-likeness (QED) is 0.669. The van der Waals surface area contributed by atoms with Gasteiger partial charge in [-0.15, -0.1) is 0 Å². The predicted octanol–water partition coefficient (Wildman–Crippen LogP) is 2.70. The summed E-state index contributed by atoms with van der Waals surface area (Å²) in [6.07, 6.45) is 0. The van der Waals surface area contributed by atoms with Crippen LogP contribution in [0.15, 0.2) is 30.3 Å². The van der Waals surface area contributed by atoms with Gasteiger partial charge in [-0.3, -0.25) is 4.68 Å². The predicted molar refractivity (Wildman–Crippen MR) is 58.1 cm³/mol. The molecule has 0 spiro atoms. The van der Waals surface area contributed by atoms with E-state index in [9.17, 15) is 0 Å². The van der Waals surface area contributed by atoms with Gasteiger partial charge in [0.25, 0.3) is 0 Å². The lowest BCUT2D eigenvalue weighted by atomic mass is 10.1. The van der Waals surface area contributed by atoms with Gasteiger partial charge < -0.3 is 0 Å². The maximum atomic E-state index is 4.40. The molecule has 0 unspecified atom stereocenters. The molecule has 0 amide bonds. The Kier molecular flexibility index (Phi) is 2.12. The van der Waals surface area contributed by atoms with E-state index in [0.717, 1.165) is 5.69 Å². The molecule has 1 heterocycles. The smallest absolute Gasteiger partial charge is 0.0710 e. The number of aryl methyl sites for hydroxylation is 2. The molecule has 1 aromatic heterocycles. The van der Waals surface area contributed by atoms with Gasteiger partial charge in [0.05, 0.1) is 11.4 Å². The zero-order valence-electron chi connectivity index (χ0n) is 8.78. The Morgan fingerprint density at radius 3 is 2.21 bits per heavy atom. The summed E-state index contributed by atoms with van der Waals surface area (Å²) in [6.45, 7) is 4.16. The van der Waals surface area contributed by atoms with Crippen LogP contribution in [0.4, 0.5) is 0 Å². The fraction of sp³-hybridized carbons (Fsp3) is 0.250. The zero-order chi connectivity index (χ0) is 10.1. The summed E-state index contributed by atoms with van der Waals surface area (Å²) in [4.78, 5) is 0. The maximum absolute atomic E-state index is 4.40. The van der Waals surface area contributed by atoms with Gasteiger partial charge in [0.2, 0.25) is 0 Å². The van der Waals surface area contributed by atoms with Crippen LogP contribution >= 0.6 is 0 Å². The lowest BCUT2D eigenvalue weighted by Crippen LogP contribution is -1.93. The van der Waals surface area contributed by atoms with Crippen LogP contribution in [0.2, 0.25) is 0 Å². The molecule has 2 rings (SSSR count). The zero-order valence-corrected chi connectivity index (χ0v) is 8.78. The monoisotopic (exact) mass is 186 g/mol. The molecule has 0 radical (unpaired) electrons. The first-order valence-corrected chi connectivity index (χ1v) is 4.76. The van der Waals surface area contributed by atoms with Gasteiger partial charge in [-0.05, 0) is 19.4 Å². The van der Waals surface area contributed by atoms with Crippen molar-refractivity contribution < 1.29 is 0 Å². The summed E-state index contributed by atoms with van der Waals surface area (Å²) in [5.41, 5.74) is 4.81. The number of aromatic nitrogens is 2. The van der Waals surface area contributed by atoms with E-state index in [2.05, 4.69) is 36.3 Å². The van der Waals surface area contributed by atoms with Crippen molar-refractivity contribution in [3.05, 3.63) is 41.6 Å². The third kappa shape index (κ3) is 1.33. The van der Waals surface area contributed by atoms with Gasteiger partial charge in [-0.1, -0.05) is 30.3 Å². The minimum Gasteiger partial charge on any atom is -0.267 e. The summed E-state index contributed by atoms with van der Waals surface area (Å²) in [6, 6.07) is 10.4. The summed E-state index contributed by atoms with van der Waals surface area (Å²) in [5, 5.41) is 4.40. The molecular formula is C12H14N2. The van der Waals surface area contributed by atoms with E-state index in [1.807, 2.05) is 24.7 Å². The number of nitrogens with zero attached hydrogens (tertiary/aromatic N) is 2. The molecule has 0 N–H and O–H groups in total. The van der Waals surface area contributed by atoms with Crippen molar-refractivity contribution in [2.24, 2.45) is 7.05 Å². The Hall–Kier alpha value is -1.57. The molecule has 2 aromatic rings.